The summed E-state index contributed by atoms with van der Waals surface area (Å²) in [7, 11) is 0. The van der Waals surface area contributed by atoms with Crippen molar-refractivity contribution in [2.75, 3.05) is 0 Å². The van der Waals surface area contributed by atoms with Gasteiger partial charge in [-0.25, -0.2) is 0 Å². The average molecular weight is 386 g/mol. The highest BCUT2D eigenvalue weighted by Gasteiger charge is 2.41. The largest absolute Gasteiger partial charge is 0.481 e. The van der Waals surface area contributed by atoms with Crippen molar-refractivity contribution in [2.24, 2.45) is 5.73 Å². The lowest BCUT2D eigenvalue weighted by atomic mass is 10.1. The first-order valence-electron chi connectivity index (χ1n) is 8.55. The average Bonchev–Trinajstić information content (AvgIpc) is 3.26. The van der Waals surface area contributed by atoms with E-state index in [-0.39, 0.29) is 30.9 Å². The van der Waals surface area contributed by atoms with Gasteiger partial charge in [-0.3, -0.25) is 24.0 Å². The van der Waals surface area contributed by atoms with Gasteiger partial charge in [-0.1, -0.05) is 0 Å². The number of rotatable bonds is 11. The molecule has 1 rings (SSSR count). The van der Waals surface area contributed by atoms with Crippen LogP contribution in [0.25, 0.3) is 0 Å². The van der Waals surface area contributed by atoms with Crippen molar-refractivity contribution in [1.29, 1.82) is 0 Å². The molecule has 0 heterocycles. The van der Waals surface area contributed by atoms with Crippen LogP contribution in [0.3, 0.4) is 0 Å². The van der Waals surface area contributed by atoms with E-state index in [0.29, 0.717) is 6.42 Å². The Bertz CT molecular complexity index is 610. The quantitative estimate of drug-likeness (QED) is 0.273. The third kappa shape index (κ3) is 8.03. The number of nitrogens with one attached hydrogen (secondary N) is 3. The zero-order chi connectivity index (χ0) is 20.7. The van der Waals surface area contributed by atoms with Gasteiger partial charge in [0.1, 0.15) is 18.2 Å². The third-order valence-electron chi connectivity index (χ3n) is 3.93. The first kappa shape index (κ1) is 22.4. The molecule has 5 atom stereocenters. The maximum Gasteiger partial charge on any atom is 0.303 e. The standard InChI is InChI=1S/C16H26N4O7/c1-7(15(25)20-10(14(17)24)4-5-13(22)23)18-16(26)8(2)27-12-6-11(12)19-9(3)21/h7-8,10-12H,4-6H2,1-3H3,(H2,17,24)(H,18,26)(H,19,21)(H,20,25)(H,22,23)/t7-,8-,10+,11+,12-/m0/s1. The first-order valence-corrected chi connectivity index (χ1v) is 8.55. The summed E-state index contributed by atoms with van der Waals surface area (Å²) in [6, 6.07) is -2.25. The Labute approximate surface area is 156 Å². The number of hydrogen-bond acceptors (Lipinski definition) is 6. The molecule has 0 aromatic carbocycles. The summed E-state index contributed by atoms with van der Waals surface area (Å²) < 4.78 is 5.50. The molecule has 1 saturated carbocycles. The van der Waals surface area contributed by atoms with E-state index in [1.165, 1.54) is 20.8 Å². The molecule has 0 aromatic rings. The summed E-state index contributed by atoms with van der Waals surface area (Å²) >= 11 is 0. The van der Waals surface area contributed by atoms with Crippen molar-refractivity contribution >= 4 is 29.6 Å². The van der Waals surface area contributed by atoms with E-state index >= 15 is 0 Å². The van der Waals surface area contributed by atoms with Crippen molar-refractivity contribution in [2.45, 2.75) is 70.4 Å². The van der Waals surface area contributed by atoms with Gasteiger partial charge < -0.3 is 31.5 Å². The highest BCUT2D eigenvalue weighted by molar-refractivity contribution is 5.92. The van der Waals surface area contributed by atoms with Gasteiger partial charge in [0.05, 0.1) is 12.1 Å². The van der Waals surface area contributed by atoms with Crippen LogP contribution in [0.2, 0.25) is 0 Å². The lowest BCUT2D eigenvalue weighted by Crippen LogP contribution is -2.53. The summed E-state index contributed by atoms with van der Waals surface area (Å²) in [5, 5.41) is 16.1. The van der Waals surface area contributed by atoms with E-state index in [2.05, 4.69) is 16.0 Å². The monoisotopic (exact) mass is 386 g/mol. The van der Waals surface area contributed by atoms with Crippen LogP contribution < -0.4 is 21.7 Å². The van der Waals surface area contributed by atoms with Crippen LogP contribution in [0, 0.1) is 0 Å². The van der Waals surface area contributed by atoms with Crippen LogP contribution in [-0.4, -0.2) is 65.0 Å². The SMILES string of the molecule is CC(=O)N[C@@H]1C[C@@H]1O[C@@H](C)C(=O)N[C@@H](C)C(=O)N[C@H](CCC(=O)O)C(N)=O. The van der Waals surface area contributed by atoms with E-state index in [4.69, 9.17) is 15.6 Å². The molecule has 0 saturated heterocycles. The van der Waals surface area contributed by atoms with Crippen molar-refractivity contribution < 1.29 is 33.8 Å². The zero-order valence-electron chi connectivity index (χ0n) is 15.5. The molecule has 0 aromatic heterocycles. The highest BCUT2D eigenvalue weighted by Crippen LogP contribution is 2.26. The Balaban J connectivity index is 2.44. The minimum absolute atomic E-state index is 0.121. The molecule has 1 fully saturated rings. The van der Waals surface area contributed by atoms with Gasteiger partial charge in [0, 0.05) is 13.3 Å². The summed E-state index contributed by atoms with van der Waals surface area (Å²) in [4.78, 5) is 57.1. The Hall–Kier alpha value is -2.69. The smallest absolute Gasteiger partial charge is 0.303 e. The molecule has 0 unspecified atom stereocenters. The Morgan fingerprint density at radius 3 is 2.30 bits per heavy atom. The third-order valence-corrected chi connectivity index (χ3v) is 3.93. The van der Waals surface area contributed by atoms with Gasteiger partial charge in [0.15, 0.2) is 0 Å². The van der Waals surface area contributed by atoms with Gasteiger partial charge >= 0.3 is 5.97 Å². The summed E-state index contributed by atoms with van der Waals surface area (Å²) in [6.45, 7) is 4.32. The topological polar surface area (TPSA) is 177 Å². The number of carbonyl (C=O) groups excluding carboxylic acids is 4. The van der Waals surface area contributed by atoms with Crippen LogP contribution in [-0.2, 0) is 28.7 Å². The number of ether oxygens (including phenoxy) is 1. The number of nitrogens with two attached hydrogens (primary N) is 1. The Morgan fingerprint density at radius 1 is 1.15 bits per heavy atom. The van der Waals surface area contributed by atoms with Gasteiger partial charge in [0.25, 0.3) is 0 Å². The molecule has 152 valence electrons. The Morgan fingerprint density at radius 2 is 1.78 bits per heavy atom. The fourth-order valence-electron chi connectivity index (χ4n) is 2.31. The molecule has 11 heteroatoms. The number of carbonyl (C=O) groups is 5. The van der Waals surface area contributed by atoms with Crippen molar-refractivity contribution in [1.82, 2.24) is 16.0 Å². The van der Waals surface area contributed by atoms with E-state index in [1.54, 1.807) is 0 Å². The number of hydrogen-bond donors (Lipinski definition) is 5. The van der Waals surface area contributed by atoms with E-state index in [0.717, 1.165) is 0 Å². The van der Waals surface area contributed by atoms with Crippen LogP contribution in [0.4, 0.5) is 0 Å². The number of primary amides is 1. The summed E-state index contributed by atoms with van der Waals surface area (Å²) in [6.07, 6.45) is -0.979. The second-order valence-corrected chi connectivity index (χ2v) is 6.49. The van der Waals surface area contributed by atoms with Crippen molar-refractivity contribution in [3.63, 3.8) is 0 Å². The molecule has 6 N–H and O–H groups in total. The van der Waals surface area contributed by atoms with Crippen LogP contribution >= 0.6 is 0 Å². The lowest BCUT2D eigenvalue weighted by molar-refractivity contribution is -0.138. The van der Waals surface area contributed by atoms with Gasteiger partial charge in [0.2, 0.25) is 23.6 Å². The summed E-state index contributed by atoms with van der Waals surface area (Å²) in [5.41, 5.74) is 5.15. The van der Waals surface area contributed by atoms with Crippen LogP contribution in [0.5, 0.6) is 0 Å². The maximum atomic E-state index is 12.1. The molecular weight excluding hydrogens is 360 g/mol. The minimum Gasteiger partial charge on any atom is -0.481 e. The molecule has 0 spiro atoms. The van der Waals surface area contributed by atoms with Gasteiger partial charge in [-0.15, -0.1) is 0 Å². The molecule has 1 aliphatic rings. The molecule has 27 heavy (non-hydrogen) atoms. The number of amides is 4. The second kappa shape index (κ2) is 9.86. The van der Waals surface area contributed by atoms with Crippen LogP contribution in [0.1, 0.15) is 40.0 Å². The number of carboxylic acids is 1. The molecule has 1 aliphatic carbocycles. The first-order chi connectivity index (χ1) is 12.5. The molecule has 11 nitrogen and oxygen atoms in total. The molecule has 0 bridgehead atoms. The molecular formula is C16H26N4O7. The highest BCUT2D eigenvalue weighted by atomic mass is 16.5. The lowest BCUT2D eigenvalue weighted by Gasteiger charge is -2.20. The number of carboxylic acid groups (broad SMARTS) is 1. The zero-order valence-corrected chi connectivity index (χ0v) is 15.5. The second-order valence-electron chi connectivity index (χ2n) is 6.49. The van der Waals surface area contributed by atoms with E-state index in [9.17, 15) is 24.0 Å². The molecule has 4 amide bonds. The fraction of sp³-hybridized carbons (Fsp3) is 0.688. The molecule has 0 aliphatic heterocycles. The van der Waals surface area contributed by atoms with E-state index < -0.39 is 41.9 Å². The van der Waals surface area contributed by atoms with Gasteiger partial charge in [-0.2, -0.15) is 0 Å². The predicted molar refractivity (Wildman–Crippen MR) is 92.2 cm³/mol. The van der Waals surface area contributed by atoms with Gasteiger partial charge in [-0.05, 0) is 26.7 Å². The normalized spacial score (nSPS) is 21.3. The maximum absolute atomic E-state index is 12.1. The van der Waals surface area contributed by atoms with Crippen molar-refractivity contribution in [3.05, 3.63) is 0 Å². The summed E-state index contributed by atoms with van der Waals surface area (Å²) in [5.74, 6) is -3.38. The minimum atomic E-state index is -1.15. The molecule has 0 radical (unpaired) electrons. The van der Waals surface area contributed by atoms with E-state index in [1.807, 2.05) is 0 Å². The van der Waals surface area contributed by atoms with Crippen LogP contribution in [0.15, 0.2) is 0 Å². The number of aliphatic carboxylic acids is 1. The fourth-order valence-corrected chi connectivity index (χ4v) is 2.31. The Kier molecular flexibility index (Phi) is 8.16. The van der Waals surface area contributed by atoms with Crippen molar-refractivity contribution in [3.8, 4) is 0 Å². The predicted octanol–water partition coefficient (Wildman–Crippen LogP) is -1.99.